The Hall–Kier alpha value is -1.95. The summed E-state index contributed by atoms with van der Waals surface area (Å²) < 4.78 is 0. The molecule has 0 aromatic carbocycles. The molecule has 6 nitrogen and oxygen atoms in total. The highest BCUT2D eigenvalue weighted by atomic mass is 16.2. The number of carbonyl (C=O) groups is 2. The number of rotatable bonds is 4. The van der Waals surface area contributed by atoms with Gasteiger partial charge < -0.3 is 16.0 Å². The molecule has 118 valence electrons. The normalized spacial score (nSPS) is 27.0. The van der Waals surface area contributed by atoms with Crippen LogP contribution in [0.3, 0.4) is 0 Å². The van der Waals surface area contributed by atoms with Gasteiger partial charge >= 0.3 is 0 Å². The van der Waals surface area contributed by atoms with Gasteiger partial charge in [0.2, 0.25) is 11.8 Å². The Kier molecular flexibility index (Phi) is 4.38. The van der Waals surface area contributed by atoms with E-state index in [9.17, 15) is 9.59 Å². The molecule has 1 saturated heterocycles. The van der Waals surface area contributed by atoms with Crippen LogP contribution >= 0.6 is 0 Å². The molecule has 0 radical (unpaired) electrons. The molecule has 0 bridgehead atoms. The van der Waals surface area contributed by atoms with Crippen LogP contribution < -0.4 is 16.0 Å². The third-order valence-corrected chi connectivity index (χ3v) is 4.85. The Morgan fingerprint density at radius 2 is 2.32 bits per heavy atom. The lowest BCUT2D eigenvalue weighted by Gasteiger charge is -2.37. The van der Waals surface area contributed by atoms with Crippen LogP contribution in [0.2, 0.25) is 0 Å². The maximum Gasteiger partial charge on any atom is 0.243 e. The summed E-state index contributed by atoms with van der Waals surface area (Å²) >= 11 is 0. The lowest BCUT2D eigenvalue weighted by atomic mass is 9.67. The zero-order chi connectivity index (χ0) is 15.4. The molecule has 3 rings (SSSR count). The Balaban J connectivity index is 1.54. The fraction of sp³-hybridized carbons (Fsp3) is 0.562. The maximum absolute atomic E-state index is 12.6. The zero-order valence-corrected chi connectivity index (χ0v) is 12.6. The van der Waals surface area contributed by atoms with Gasteiger partial charge in [0.15, 0.2) is 0 Å². The van der Waals surface area contributed by atoms with Gasteiger partial charge in [-0.25, -0.2) is 0 Å². The second-order valence-corrected chi connectivity index (χ2v) is 6.20. The van der Waals surface area contributed by atoms with Gasteiger partial charge in [-0.15, -0.1) is 0 Å². The first kappa shape index (κ1) is 15.0. The molecule has 22 heavy (non-hydrogen) atoms. The van der Waals surface area contributed by atoms with Crippen LogP contribution in [0.1, 0.15) is 25.7 Å². The number of amides is 2. The van der Waals surface area contributed by atoms with E-state index in [1.165, 1.54) is 6.42 Å². The Morgan fingerprint density at radius 1 is 1.41 bits per heavy atom. The number of hydrogen-bond donors (Lipinski definition) is 3. The topological polar surface area (TPSA) is 83.1 Å². The van der Waals surface area contributed by atoms with Crippen LogP contribution in [0.15, 0.2) is 24.5 Å². The average molecular weight is 302 g/mol. The van der Waals surface area contributed by atoms with Crippen LogP contribution in [-0.4, -0.2) is 36.4 Å². The van der Waals surface area contributed by atoms with Gasteiger partial charge in [-0.3, -0.25) is 14.6 Å². The predicted molar refractivity (Wildman–Crippen MR) is 83.1 cm³/mol. The molecule has 0 unspecified atom stereocenters. The summed E-state index contributed by atoms with van der Waals surface area (Å²) in [6, 6.07) is 3.52. The first-order valence-electron chi connectivity index (χ1n) is 7.90. The number of fused-ring (bicyclic) bond motifs is 1. The van der Waals surface area contributed by atoms with E-state index in [4.69, 9.17) is 0 Å². The zero-order valence-electron chi connectivity index (χ0n) is 12.6. The summed E-state index contributed by atoms with van der Waals surface area (Å²) in [5.41, 5.74) is 0.324. The van der Waals surface area contributed by atoms with E-state index in [2.05, 4.69) is 20.9 Å². The highest BCUT2D eigenvalue weighted by Crippen LogP contribution is 2.43. The van der Waals surface area contributed by atoms with Crippen molar-refractivity contribution in [3.05, 3.63) is 24.5 Å². The molecule has 1 aliphatic heterocycles. The minimum Gasteiger partial charge on any atom is -0.346 e. The molecule has 1 aliphatic carbocycles. The van der Waals surface area contributed by atoms with Gasteiger partial charge in [0.05, 0.1) is 23.8 Å². The lowest BCUT2D eigenvalue weighted by molar-refractivity contribution is -0.135. The van der Waals surface area contributed by atoms with Crippen LogP contribution in [0.5, 0.6) is 0 Å². The van der Waals surface area contributed by atoms with Crippen molar-refractivity contribution in [3.63, 3.8) is 0 Å². The highest BCUT2D eigenvalue weighted by molar-refractivity contribution is 5.95. The first-order valence-corrected chi connectivity index (χ1v) is 7.90. The summed E-state index contributed by atoms with van der Waals surface area (Å²) in [6.07, 6.45) is 7.53. The molecule has 2 heterocycles. The average Bonchev–Trinajstić information content (AvgIpc) is 2.99. The van der Waals surface area contributed by atoms with E-state index in [1.54, 1.807) is 24.5 Å². The van der Waals surface area contributed by atoms with E-state index >= 15 is 0 Å². The number of carbonyl (C=O) groups excluding carboxylic acids is 2. The molecule has 1 saturated carbocycles. The quantitative estimate of drug-likeness (QED) is 0.772. The van der Waals surface area contributed by atoms with Gasteiger partial charge in [-0.2, -0.15) is 0 Å². The molecule has 1 aromatic heterocycles. The largest absolute Gasteiger partial charge is 0.346 e. The molecule has 3 N–H and O–H groups in total. The SMILES string of the molecule is O=C(CNC(=O)[C@@]12CCCC[C@H]1CNC2)Nc1cccnc1. The molecule has 2 fully saturated rings. The van der Waals surface area contributed by atoms with E-state index in [-0.39, 0.29) is 23.8 Å². The van der Waals surface area contributed by atoms with Crippen molar-refractivity contribution < 1.29 is 9.59 Å². The molecular formula is C16H22N4O2. The van der Waals surface area contributed by atoms with Gasteiger partial charge in [-0.05, 0) is 37.4 Å². The van der Waals surface area contributed by atoms with Crippen molar-refractivity contribution in [2.45, 2.75) is 25.7 Å². The first-order chi connectivity index (χ1) is 10.7. The van der Waals surface area contributed by atoms with Gasteiger partial charge in [0.25, 0.3) is 0 Å². The molecule has 0 spiro atoms. The molecule has 2 amide bonds. The lowest BCUT2D eigenvalue weighted by Crippen LogP contribution is -2.49. The second kappa shape index (κ2) is 6.44. The molecule has 2 aliphatic rings. The van der Waals surface area contributed by atoms with E-state index in [0.29, 0.717) is 11.6 Å². The van der Waals surface area contributed by atoms with E-state index in [0.717, 1.165) is 32.4 Å². The van der Waals surface area contributed by atoms with Crippen molar-refractivity contribution in [1.82, 2.24) is 15.6 Å². The van der Waals surface area contributed by atoms with E-state index < -0.39 is 0 Å². The minimum atomic E-state index is -0.313. The Morgan fingerprint density at radius 3 is 3.14 bits per heavy atom. The number of nitrogens with zero attached hydrogens (tertiary/aromatic N) is 1. The number of nitrogens with one attached hydrogen (secondary N) is 3. The van der Waals surface area contributed by atoms with E-state index in [1.807, 2.05) is 0 Å². The Bertz CT molecular complexity index is 548. The fourth-order valence-corrected chi connectivity index (χ4v) is 3.67. The smallest absolute Gasteiger partial charge is 0.243 e. The fourth-order valence-electron chi connectivity index (χ4n) is 3.67. The van der Waals surface area contributed by atoms with Gasteiger partial charge in [0, 0.05) is 12.7 Å². The summed E-state index contributed by atoms with van der Waals surface area (Å²) in [6.45, 7) is 1.64. The van der Waals surface area contributed by atoms with Crippen LogP contribution in [0.25, 0.3) is 0 Å². The summed E-state index contributed by atoms with van der Waals surface area (Å²) in [7, 11) is 0. The van der Waals surface area contributed by atoms with Crippen molar-refractivity contribution in [2.75, 3.05) is 25.0 Å². The van der Waals surface area contributed by atoms with Gasteiger partial charge in [0.1, 0.15) is 0 Å². The van der Waals surface area contributed by atoms with Crippen LogP contribution in [0, 0.1) is 11.3 Å². The standard InChI is InChI=1S/C16H22N4O2/c21-14(20-13-5-3-7-17-9-13)10-19-15(22)16-6-2-1-4-12(16)8-18-11-16/h3,5,7,9,12,18H,1-2,4,6,8,10-11H2,(H,19,22)(H,20,21)/t12-,16+/m0/s1. The van der Waals surface area contributed by atoms with Crippen molar-refractivity contribution >= 4 is 17.5 Å². The molecular weight excluding hydrogens is 280 g/mol. The molecule has 2 atom stereocenters. The second-order valence-electron chi connectivity index (χ2n) is 6.20. The van der Waals surface area contributed by atoms with Crippen molar-refractivity contribution in [1.29, 1.82) is 0 Å². The highest BCUT2D eigenvalue weighted by Gasteiger charge is 2.49. The third-order valence-electron chi connectivity index (χ3n) is 4.85. The number of aromatic nitrogens is 1. The van der Waals surface area contributed by atoms with Crippen molar-refractivity contribution in [3.8, 4) is 0 Å². The monoisotopic (exact) mass is 302 g/mol. The van der Waals surface area contributed by atoms with Gasteiger partial charge in [-0.1, -0.05) is 12.8 Å². The Labute approximate surface area is 130 Å². The van der Waals surface area contributed by atoms with Crippen LogP contribution in [0.4, 0.5) is 5.69 Å². The number of hydrogen-bond acceptors (Lipinski definition) is 4. The predicted octanol–water partition coefficient (Wildman–Crippen LogP) is 0.916. The number of pyridine rings is 1. The molecule has 1 aromatic rings. The summed E-state index contributed by atoms with van der Waals surface area (Å²) in [4.78, 5) is 28.5. The summed E-state index contributed by atoms with van der Waals surface area (Å²) in [5.74, 6) is 0.197. The minimum absolute atomic E-state index is 0.00218. The summed E-state index contributed by atoms with van der Waals surface area (Å²) in [5, 5.41) is 8.89. The van der Waals surface area contributed by atoms with Crippen LogP contribution in [-0.2, 0) is 9.59 Å². The maximum atomic E-state index is 12.6. The number of anilines is 1. The van der Waals surface area contributed by atoms with Crippen molar-refractivity contribution in [2.24, 2.45) is 11.3 Å². The third kappa shape index (κ3) is 2.97. The molecule has 6 heteroatoms.